The molecule has 90 valence electrons. The Morgan fingerprint density at radius 2 is 1.87 bits per heavy atom. The number of carboxylic acids is 1. The Morgan fingerprint density at radius 3 is 2.33 bits per heavy atom. The highest BCUT2D eigenvalue weighted by Crippen LogP contribution is 2.09. The number of carbonyl (C=O) groups is 1. The quantitative estimate of drug-likeness (QED) is 0.572. The highest BCUT2D eigenvalue weighted by Gasteiger charge is 2.11. The smallest absolute Gasteiger partial charge is 0.306 e. The average molecular weight is 217 g/mol. The molecule has 0 aliphatic heterocycles. The monoisotopic (exact) mass is 217 g/mol. The third-order valence-electron chi connectivity index (χ3n) is 2.46. The lowest BCUT2D eigenvalue weighted by molar-refractivity contribution is -0.141. The number of aliphatic carboxylic acids is 1. The van der Waals surface area contributed by atoms with Gasteiger partial charge in [0, 0.05) is 12.6 Å². The first-order valence-electron chi connectivity index (χ1n) is 5.57. The number of carboxylic acid groups (broad SMARTS) is 1. The van der Waals surface area contributed by atoms with Crippen LogP contribution in [0.3, 0.4) is 0 Å². The normalized spacial score (nSPS) is 17.1. The second kappa shape index (κ2) is 7.65. The van der Waals surface area contributed by atoms with Gasteiger partial charge in [0.1, 0.15) is 0 Å². The Labute approximate surface area is 91.7 Å². The summed E-state index contributed by atoms with van der Waals surface area (Å²) >= 11 is 0. The summed E-state index contributed by atoms with van der Waals surface area (Å²) in [6.45, 7) is 6.12. The molecule has 0 spiro atoms. The van der Waals surface area contributed by atoms with Gasteiger partial charge in [0.25, 0.3) is 0 Å². The SMILES string of the molecule is CC(O)CNC(C)CCCC(C)C(=O)O. The minimum Gasteiger partial charge on any atom is -0.481 e. The predicted molar refractivity (Wildman–Crippen MR) is 59.8 cm³/mol. The van der Waals surface area contributed by atoms with Gasteiger partial charge in [-0.2, -0.15) is 0 Å². The van der Waals surface area contributed by atoms with E-state index in [4.69, 9.17) is 10.2 Å². The maximum Gasteiger partial charge on any atom is 0.306 e. The lowest BCUT2D eigenvalue weighted by atomic mass is 10.0. The maximum atomic E-state index is 10.5. The van der Waals surface area contributed by atoms with Crippen molar-refractivity contribution >= 4 is 5.97 Å². The topological polar surface area (TPSA) is 69.6 Å². The molecule has 0 aromatic heterocycles. The fourth-order valence-electron chi connectivity index (χ4n) is 1.33. The number of hydrogen-bond acceptors (Lipinski definition) is 3. The van der Waals surface area contributed by atoms with E-state index in [9.17, 15) is 4.79 Å². The van der Waals surface area contributed by atoms with Crippen LogP contribution in [0.4, 0.5) is 0 Å². The molecule has 0 aliphatic rings. The molecule has 0 radical (unpaired) electrons. The number of aliphatic hydroxyl groups is 1. The van der Waals surface area contributed by atoms with E-state index in [1.807, 2.05) is 6.92 Å². The Hall–Kier alpha value is -0.610. The van der Waals surface area contributed by atoms with E-state index in [2.05, 4.69) is 5.32 Å². The molecule has 4 nitrogen and oxygen atoms in total. The Kier molecular flexibility index (Phi) is 7.34. The van der Waals surface area contributed by atoms with Crippen molar-refractivity contribution < 1.29 is 15.0 Å². The van der Waals surface area contributed by atoms with Crippen molar-refractivity contribution in [3.8, 4) is 0 Å². The summed E-state index contributed by atoms with van der Waals surface area (Å²) in [6.07, 6.45) is 2.24. The molecule has 0 saturated carbocycles. The van der Waals surface area contributed by atoms with Gasteiger partial charge in [-0.15, -0.1) is 0 Å². The van der Waals surface area contributed by atoms with E-state index < -0.39 is 5.97 Å². The van der Waals surface area contributed by atoms with Gasteiger partial charge in [-0.25, -0.2) is 0 Å². The van der Waals surface area contributed by atoms with Gasteiger partial charge < -0.3 is 15.5 Å². The second-order valence-corrected chi connectivity index (χ2v) is 4.33. The third kappa shape index (κ3) is 8.39. The van der Waals surface area contributed by atoms with E-state index in [1.54, 1.807) is 13.8 Å². The van der Waals surface area contributed by atoms with E-state index in [-0.39, 0.29) is 12.0 Å². The molecule has 3 unspecified atom stereocenters. The van der Waals surface area contributed by atoms with Crippen LogP contribution in [0.15, 0.2) is 0 Å². The van der Waals surface area contributed by atoms with Crippen molar-refractivity contribution in [1.29, 1.82) is 0 Å². The highest BCUT2D eigenvalue weighted by molar-refractivity contribution is 5.69. The molecule has 0 amide bonds. The average Bonchev–Trinajstić information content (AvgIpc) is 2.14. The predicted octanol–water partition coefficient (Wildman–Crippen LogP) is 1.24. The van der Waals surface area contributed by atoms with E-state index in [0.717, 1.165) is 19.3 Å². The number of aliphatic hydroxyl groups excluding tert-OH is 1. The van der Waals surface area contributed by atoms with Crippen LogP contribution in [-0.4, -0.2) is 34.9 Å². The van der Waals surface area contributed by atoms with Crippen molar-refractivity contribution in [2.24, 2.45) is 5.92 Å². The summed E-state index contributed by atoms with van der Waals surface area (Å²) in [5.74, 6) is -0.978. The molecule has 0 saturated heterocycles. The van der Waals surface area contributed by atoms with Crippen LogP contribution in [0.1, 0.15) is 40.0 Å². The zero-order chi connectivity index (χ0) is 11.8. The molecule has 0 rings (SSSR count). The highest BCUT2D eigenvalue weighted by atomic mass is 16.4. The van der Waals surface area contributed by atoms with Gasteiger partial charge in [-0.3, -0.25) is 4.79 Å². The summed E-state index contributed by atoms with van der Waals surface area (Å²) in [6, 6.07) is 0.334. The summed E-state index contributed by atoms with van der Waals surface area (Å²) in [4.78, 5) is 10.5. The summed E-state index contributed by atoms with van der Waals surface area (Å²) in [7, 11) is 0. The molecule has 15 heavy (non-hydrogen) atoms. The molecule has 0 fully saturated rings. The van der Waals surface area contributed by atoms with Crippen LogP contribution in [0, 0.1) is 5.92 Å². The molecular weight excluding hydrogens is 194 g/mol. The van der Waals surface area contributed by atoms with Gasteiger partial charge in [0.05, 0.1) is 12.0 Å². The fraction of sp³-hybridized carbons (Fsp3) is 0.909. The first kappa shape index (κ1) is 14.4. The number of nitrogens with one attached hydrogen (secondary N) is 1. The maximum absolute atomic E-state index is 10.5. The van der Waals surface area contributed by atoms with Gasteiger partial charge in [-0.1, -0.05) is 13.3 Å². The van der Waals surface area contributed by atoms with Crippen molar-refractivity contribution in [3.05, 3.63) is 0 Å². The first-order chi connectivity index (χ1) is 6.93. The van der Waals surface area contributed by atoms with Gasteiger partial charge in [0.15, 0.2) is 0 Å². The minimum absolute atomic E-state index is 0.256. The van der Waals surface area contributed by atoms with Crippen molar-refractivity contribution in [2.75, 3.05) is 6.54 Å². The molecule has 0 heterocycles. The summed E-state index contributed by atoms with van der Waals surface area (Å²) in [5.41, 5.74) is 0. The fourth-order valence-corrected chi connectivity index (χ4v) is 1.33. The van der Waals surface area contributed by atoms with Gasteiger partial charge in [-0.05, 0) is 26.7 Å². The first-order valence-corrected chi connectivity index (χ1v) is 5.57. The molecule has 0 bridgehead atoms. The van der Waals surface area contributed by atoms with E-state index >= 15 is 0 Å². The van der Waals surface area contributed by atoms with Crippen LogP contribution in [0.2, 0.25) is 0 Å². The molecule has 0 aromatic carbocycles. The number of hydrogen-bond donors (Lipinski definition) is 3. The van der Waals surface area contributed by atoms with Crippen LogP contribution in [0.5, 0.6) is 0 Å². The largest absolute Gasteiger partial charge is 0.481 e. The lowest BCUT2D eigenvalue weighted by Crippen LogP contribution is -2.32. The molecule has 4 heteroatoms. The molecular formula is C11H23NO3. The van der Waals surface area contributed by atoms with Crippen LogP contribution in [0.25, 0.3) is 0 Å². The zero-order valence-electron chi connectivity index (χ0n) is 9.86. The summed E-state index contributed by atoms with van der Waals surface area (Å²) < 4.78 is 0. The van der Waals surface area contributed by atoms with Crippen molar-refractivity contribution in [1.82, 2.24) is 5.32 Å². The Bertz CT molecular complexity index is 183. The Morgan fingerprint density at radius 1 is 1.27 bits per heavy atom. The second-order valence-electron chi connectivity index (χ2n) is 4.33. The van der Waals surface area contributed by atoms with E-state index in [0.29, 0.717) is 12.6 Å². The van der Waals surface area contributed by atoms with Gasteiger partial charge >= 0.3 is 5.97 Å². The van der Waals surface area contributed by atoms with E-state index in [1.165, 1.54) is 0 Å². The van der Waals surface area contributed by atoms with Gasteiger partial charge in [0.2, 0.25) is 0 Å². The van der Waals surface area contributed by atoms with Crippen LogP contribution in [-0.2, 0) is 4.79 Å². The third-order valence-corrected chi connectivity index (χ3v) is 2.46. The van der Waals surface area contributed by atoms with Crippen molar-refractivity contribution in [3.63, 3.8) is 0 Å². The molecule has 3 N–H and O–H groups in total. The number of rotatable bonds is 8. The zero-order valence-corrected chi connectivity index (χ0v) is 9.86. The standard InChI is InChI=1S/C11H23NO3/c1-8(11(14)15)5-4-6-9(2)12-7-10(3)13/h8-10,12-13H,4-7H2,1-3H3,(H,14,15). The molecule has 3 atom stereocenters. The van der Waals surface area contributed by atoms with Crippen LogP contribution < -0.4 is 5.32 Å². The minimum atomic E-state index is -0.723. The summed E-state index contributed by atoms with van der Waals surface area (Å²) in [5, 5.41) is 20.9. The molecule has 0 aliphatic carbocycles. The molecule has 0 aromatic rings. The van der Waals surface area contributed by atoms with Crippen molar-refractivity contribution in [2.45, 2.75) is 52.2 Å². The Balaban J connectivity index is 3.46. The van der Waals surface area contributed by atoms with Crippen LogP contribution >= 0.6 is 0 Å². The lowest BCUT2D eigenvalue weighted by Gasteiger charge is -2.15.